The van der Waals surface area contributed by atoms with Crippen molar-refractivity contribution < 1.29 is 30.8 Å². The van der Waals surface area contributed by atoms with Crippen molar-refractivity contribution in [2.24, 2.45) is 12.5 Å². The fourth-order valence-electron chi connectivity index (χ4n) is 3.56. The smallest absolute Gasteiger partial charge is 0.273 e. The Hall–Kier alpha value is -2.07. The third kappa shape index (κ3) is 3.94. The minimum Gasteiger partial charge on any atom is -0.344 e. The van der Waals surface area contributed by atoms with Gasteiger partial charge < -0.3 is 9.88 Å². The van der Waals surface area contributed by atoms with Gasteiger partial charge in [-0.05, 0) is 31.9 Å². The highest BCUT2D eigenvalue weighted by Gasteiger charge is 2.56. The van der Waals surface area contributed by atoms with Gasteiger partial charge in [-0.25, -0.2) is 26.0 Å². The van der Waals surface area contributed by atoms with E-state index < -0.39 is 54.4 Å². The molecule has 2 aromatic rings. The second kappa shape index (κ2) is 7.56. The van der Waals surface area contributed by atoms with Gasteiger partial charge in [0.05, 0.1) is 10.8 Å². The number of sulfone groups is 1. The molecule has 1 N–H and O–H groups in total. The Morgan fingerprint density at radius 2 is 1.90 bits per heavy atom. The van der Waals surface area contributed by atoms with Gasteiger partial charge in [0.15, 0.2) is 21.5 Å². The zero-order valence-electron chi connectivity index (χ0n) is 16.1. The third-order valence-corrected chi connectivity index (χ3v) is 7.93. The Labute approximate surface area is 175 Å². The Morgan fingerprint density at radius 1 is 1.27 bits per heavy atom. The number of anilines is 1. The Kier molecular flexibility index (Phi) is 5.70. The number of aromatic nitrogens is 1. The maximum atomic E-state index is 14.1. The predicted molar refractivity (Wildman–Crippen MR) is 104 cm³/mol. The average Bonchev–Trinajstić information content (AvgIpc) is 2.89. The van der Waals surface area contributed by atoms with Crippen LogP contribution < -0.4 is 5.32 Å². The molecule has 1 aliphatic carbocycles. The number of hydrogen-bond donors (Lipinski definition) is 1. The Balaban J connectivity index is 1.91. The molecule has 0 bridgehead atoms. The van der Waals surface area contributed by atoms with Crippen LogP contribution in [-0.4, -0.2) is 30.6 Å². The van der Waals surface area contributed by atoms with Crippen molar-refractivity contribution >= 4 is 33.0 Å². The Morgan fingerprint density at radius 3 is 2.40 bits per heavy atom. The largest absolute Gasteiger partial charge is 0.344 e. The molecule has 1 fully saturated rings. The molecular weight excluding hydrogens is 448 g/mol. The number of hydrogen-bond acceptors (Lipinski definition) is 3. The first-order chi connectivity index (χ1) is 13.8. The van der Waals surface area contributed by atoms with Crippen molar-refractivity contribution in [2.75, 3.05) is 11.1 Å². The second-order valence-electron chi connectivity index (χ2n) is 7.63. The lowest BCUT2D eigenvalue weighted by Crippen LogP contribution is -2.49. The molecule has 0 aliphatic heterocycles. The van der Waals surface area contributed by atoms with Crippen molar-refractivity contribution in [2.45, 2.75) is 37.0 Å². The summed E-state index contributed by atoms with van der Waals surface area (Å²) in [6.45, 7) is 0.703. The first-order valence-corrected chi connectivity index (χ1v) is 11.0. The van der Waals surface area contributed by atoms with Crippen molar-refractivity contribution in [3.63, 3.8) is 0 Å². The highest BCUT2D eigenvalue weighted by atomic mass is 35.5. The minimum absolute atomic E-state index is 0.0698. The summed E-state index contributed by atoms with van der Waals surface area (Å²) in [5.41, 5.74) is -2.00. The molecule has 0 atom stereocenters. The van der Waals surface area contributed by atoms with Gasteiger partial charge in [0.25, 0.3) is 11.8 Å². The number of nitrogens with one attached hydrogen (secondary N) is 1. The van der Waals surface area contributed by atoms with Crippen LogP contribution in [0.2, 0.25) is 5.02 Å². The zero-order chi connectivity index (χ0) is 22.5. The summed E-state index contributed by atoms with van der Waals surface area (Å²) < 4.78 is 81.4. The number of aryl methyl sites for hydroxylation is 1. The van der Waals surface area contributed by atoms with Gasteiger partial charge in [0.1, 0.15) is 10.6 Å². The number of carbonyl (C=O) groups is 1. The van der Waals surface area contributed by atoms with E-state index in [4.69, 9.17) is 11.6 Å². The molecule has 0 saturated heterocycles. The predicted octanol–water partition coefficient (Wildman–Crippen LogP) is 4.81. The summed E-state index contributed by atoms with van der Waals surface area (Å²) >= 11 is 6.15. The van der Waals surface area contributed by atoms with Gasteiger partial charge in [0.2, 0.25) is 0 Å². The summed E-state index contributed by atoms with van der Waals surface area (Å²) in [4.78, 5) is 12.1. The monoisotopic (exact) mass is 466 g/mol. The molecule has 30 heavy (non-hydrogen) atoms. The van der Waals surface area contributed by atoms with Gasteiger partial charge >= 0.3 is 0 Å². The fraction of sp³-hybridized carbons (Fsp3) is 0.421. The van der Waals surface area contributed by atoms with Crippen LogP contribution in [0.3, 0.4) is 0 Å². The van der Waals surface area contributed by atoms with Crippen LogP contribution in [0.4, 0.5) is 23.2 Å². The number of alkyl halides is 2. The van der Waals surface area contributed by atoms with E-state index in [-0.39, 0.29) is 24.2 Å². The molecule has 5 nitrogen and oxygen atoms in total. The van der Waals surface area contributed by atoms with Gasteiger partial charge in [-0.15, -0.1) is 0 Å². The van der Waals surface area contributed by atoms with E-state index in [0.717, 1.165) is 29.0 Å². The van der Waals surface area contributed by atoms with Gasteiger partial charge in [-0.1, -0.05) is 18.0 Å². The molecule has 1 saturated carbocycles. The lowest BCUT2D eigenvalue weighted by molar-refractivity contribution is -0.134. The van der Waals surface area contributed by atoms with Gasteiger partial charge in [-0.3, -0.25) is 4.79 Å². The summed E-state index contributed by atoms with van der Waals surface area (Å²) in [5, 5.41) is 1.88. The van der Waals surface area contributed by atoms with Crippen molar-refractivity contribution in [3.05, 3.63) is 46.7 Å². The van der Waals surface area contributed by atoms with Gasteiger partial charge in [-0.2, -0.15) is 0 Å². The highest BCUT2D eigenvalue weighted by molar-refractivity contribution is 7.91. The molecule has 0 spiro atoms. The molecule has 1 amide bonds. The van der Waals surface area contributed by atoms with E-state index in [2.05, 4.69) is 5.32 Å². The molecule has 1 aliphatic rings. The normalized spacial score (nSPS) is 16.2. The number of carbonyl (C=O) groups excluding carboxylic acids is 1. The first-order valence-electron chi connectivity index (χ1n) is 8.99. The van der Waals surface area contributed by atoms with Crippen LogP contribution in [0.5, 0.6) is 0 Å². The van der Waals surface area contributed by atoms with Gasteiger partial charge in [0, 0.05) is 30.4 Å². The average molecular weight is 467 g/mol. The van der Waals surface area contributed by atoms with Crippen LogP contribution in [0, 0.1) is 17.0 Å². The SMILES string of the molecule is Cn1cc(S(=O)(=O)CC2(C(C)(F)F)CCC2)c(Cl)c1C(=O)Nc1ccc(F)c(F)c1. The molecule has 11 heteroatoms. The van der Waals surface area contributed by atoms with Crippen LogP contribution in [0.25, 0.3) is 0 Å². The molecule has 0 radical (unpaired) electrons. The van der Waals surface area contributed by atoms with Crippen LogP contribution in [0.1, 0.15) is 36.7 Å². The minimum atomic E-state index is -4.24. The van der Waals surface area contributed by atoms with Crippen LogP contribution >= 0.6 is 11.6 Å². The lowest BCUT2D eigenvalue weighted by Gasteiger charge is -2.45. The molecule has 1 aromatic heterocycles. The van der Waals surface area contributed by atoms with E-state index in [1.54, 1.807) is 0 Å². The zero-order valence-corrected chi connectivity index (χ0v) is 17.7. The topological polar surface area (TPSA) is 68.2 Å². The number of rotatable bonds is 6. The molecule has 1 heterocycles. The maximum Gasteiger partial charge on any atom is 0.273 e. The third-order valence-electron chi connectivity index (χ3n) is 5.52. The number of nitrogens with zero attached hydrogens (tertiary/aromatic N) is 1. The fourth-order valence-corrected chi connectivity index (χ4v) is 6.30. The summed E-state index contributed by atoms with van der Waals surface area (Å²) in [7, 11) is -2.88. The van der Waals surface area contributed by atoms with Crippen molar-refractivity contribution in [1.82, 2.24) is 4.57 Å². The molecule has 0 unspecified atom stereocenters. The maximum absolute atomic E-state index is 14.1. The molecular formula is C19H19ClF4N2O3S. The van der Waals surface area contributed by atoms with Crippen molar-refractivity contribution in [3.8, 4) is 0 Å². The standard InChI is InChI=1S/C19H19ClF4N2O3S/c1-18(23,24)19(6-3-7-19)10-30(28,29)14-9-26(2)16(15(14)20)17(27)25-11-4-5-12(21)13(22)8-11/h4-5,8-9H,3,6-7,10H2,1-2H3,(H,25,27). The summed E-state index contributed by atoms with van der Waals surface area (Å²) in [6, 6.07) is 2.69. The van der Waals surface area contributed by atoms with Crippen molar-refractivity contribution in [1.29, 1.82) is 0 Å². The number of halogens is 5. The van der Waals surface area contributed by atoms with E-state index in [0.29, 0.717) is 13.3 Å². The lowest BCUT2D eigenvalue weighted by atomic mass is 9.66. The molecule has 3 rings (SSSR count). The van der Waals surface area contributed by atoms with E-state index in [1.165, 1.54) is 7.05 Å². The summed E-state index contributed by atoms with van der Waals surface area (Å²) in [6.07, 6.45) is 1.73. The second-order valence-corrected chi connectivity index (χ2v) is 9.97. The first kappa shape index (κ1) is 22.6. The number of benzene rings is 1. The van der Waals surface area contributed by atoms with E-state index in [1.807, 2.05) is 0 Å². The van der Waals surface area contributed by atoms with Crippen LogP contribution in [-0.2, 0) is 16.9 Å². The molecule has 1 aromatic carbocycles. The van der Waals surface area contributed by atoms with E-state index >= 15 is 0 Å². The highest BCUT2D eigenvalue weighted by Crippen LogP contribution is 2.53. The van der Waals surface area contributed by atoms with E-state index in [9.17, 15) is 30.8 Å². The Bertz CT molecular complexity index is 1110. The molecule has 164 valence electrons. The van der Waals surface area contributed by atoms with Crippen LogP contribution in [0.15, 0.2) is 29.3 Å². The summed E-state index contributed by atoms with van der Waals surface area (Å²) in [5.74, 6) is -7.13. The number of amides is 1. The quantitative estimate of drug-likeness (QED) is 0.621.